The van der Waals surface area contributed by atoms with E-state index in [1.165, 1.54) is 18.5 Å². The summed E-state index contributed by atoms with van der Waals surface area (Å²) in [7, 11) is 0. The number of piperidine rings is 1. The van der Waals surface area contributed by atoms with Crippen LogP contribution in [0, 0.1) is 5.92 Å². The monoisotopic (exact) mass is 371 g/mol. The smallest absolute Gasteiger partial charge is 0.319 e. The summed E-state index contributed by atoms with van der Waals surface area (Å²) in [6.45, 7) is 5.12. The maximum absolute atomic E-state index is 12.0. The summed E-state index contributed by atoms with van der Waals surface area (Å²) in [5, 5.41) is 6.49. The highest BCUT2D eigenvalue weighted by Gasteiger charge is 2.15. The van der Waals surface area contributed by atoms with Gasteiger partial charge in [0.05, 0.1) is 0 Å². The Kier molecular flexibility index (Phi) is 6.40. The third-order valence-electron chi connectivity index (χ3n) is 4.89. The van der Waals surface area contributed by atoms with Crippen LogP contribution in [0.3, 0.4) is 0 Å². The summed E-state index contributed by atoms with van der Waals surface area (Å²) < 4.78 is 0. The molecule has 138 valence electrons. The third-order valence-corrected chi connectivity index (χ3v) is 5.14. The van der Waals surface area contributed by atoms with Crippen molar-refractivity contribution in [1.29, 1.82) is 0 Å². The van der Waals surface area contributed by atoms with E-state index >= 15 is 0 Å². The zero-order valence-electron chi connectivity index (χ0n) is 15.2. The van der Waals surface area contributed by atoms with Crippen LogP contribution in [0.25, 0.3) is 0 Å². The number of halogens is 1. The molecular weight excluding hydrogens is 346 g/mol. The lowest BCUT2D eigenvalue weighted by molar-refractivity contribution is 0.252. The van der Waals surface area contributed by atoms with Crippen molar-refractivity contribution >= 4 is 29.0 Å². The second-order valence-electron chi connectivity index (χ2n) is 6.97. The normalized spacial score (nSPS) is 14.9. The van der Waals surface area contributed by atoms with Crippen LogP contribution in [0.5, 0.6) is 0 Å². The van der Waals surface area contributed by atoms with Crippen molar-refractivity contribution in [2.24, 2.45) is 5.92 Å². The first-order chi connectivity index (χ1) is 12.6. The molecule has 2 aromatic carbocycles. The van der Waals surface area contributed by atoms with Gasteiger partial charge in [-0.2, -0.15) is 0 Å². The van der Waals surface area contributed by atoms with Gasteiger partial charge in [-0.25, -0.2) is 4.79 Å². The summed E-state index contributed by atoms with van der Waals surface area (Å²) in [5.41, 5.74) is 3.18. The number of rotatable bonds is 5. The molecular formula is C21H26ClN3O. The largest absolute Gasteiger partial charge is 0.372 e. The number of carbonyl (C=O) groups is 1. The number of benzene rings is 2. The number of amides is 2. The van der Waals surface area contributed by atoms with Crippen molar-refractivity contribution in [2.45, 2.75) is 26.2 Å². The van der Waals surface area contributed by atoms with E-state index in [9.17, 15) is 4.79 Å². The van der Waals surface area contributed by atoms with Gasteiger partial charge < -0.3 is 15.5 Å². The first-order valence-corrected chi connectivity index (χ1v) is 9.62. The van der Waals surface area contributed by atoms with E-state index in [0.29, 0.717) is 6.54 Å². The predicted molar refractivity (Wildman–Crippen MR) is 109 cm³/mol. The molecule has 2 N–H and O–H groups in total. The van der Waals surface area contributed by atoms with Gasteiger partial charge in [0.2, 0.25) is 0 Å². The van der Waals surface area contributed by atoms with E-state index in [0.717, 1.165) is 41.7 Å². The molecule has 2 aromatic rings. The molecule has 1 heterocycles. The van der Waals surface area contributed by atoms with Crippen molar-refractivity contribution in [3.05, 3.63) is 59.1 Å². The maximum atomic E-state index is 12.0. The van der Waals surface area contributed by atoms with Gasteiger partial charge in [-0.05, 0) is 67.1 Å². The fourth-order valence-electron chi connectivity index (χ4n) is 3.17. The summed E-state index contributed by atoms with van der Waals surface area (Å²) in [4.78, 5) is 14.4. The van der Waals surface area contributed by atoms with Gasteiger partial charge in [-0.15, -0.1) is 0 Å². The van der Waals surface area contributed by atoms with Crippen LogP contribution >= 0.6 is 11.6 Å². The SMILES string of the molecule is CC1CCN(c2ccc(NC(=O)NCCc3ccc(Cl)cc3)cc2)CC1. The highest BCUT2D eigenvalue weighted by molar-refractivity contribution is 6.30. The van der Waals surface area contributed by atoms with Crippen molar-refractivity contribution < 1.29 is 4.79 Å². The molecule has 0 aliphatic carbocycles. The maximum Gasteiger partial charge on any atom is 0.319 e. The predicted octanol–water partition coefficient (Wildman–Crippen LogP) is 4.94. The van der Waals surface area contributed by atoms with E-state index in [1.54, 1.807) is 0 Å². The van der Waals surface area contributed by atoms with E-state index < -0.39 is 0 Å². The van der Waals surface area contributed by atoms with Crippen molar-refractivity contribution in [3.8, 4) is 0 Å². The average molecular weight is 372 g/mol. The topological polar surface area (TPSA) is 44.4 Å². The van der Waals surface area contributed by atoms with E-state index in [2.05, 4.69) is 34.6 Å². The molecule has 0 bridgehead atoms. The van der Waals surface area contributed by atoms with Gasteiger partial charge in [0.15, 0.2) is 0 Å². The van der Waals surface area contributed by atoms with Crippen LogP contribution in [0.1, 0.15) is 25.3 Å². The van der Waals surface area contributed by atoms with Gasteiger partial charge >= 0.3 is 6.03 Å². The zero-order valence-corrected chi connectivity index (χ0v) is 15.9. The van der Waals surface area contributed by atoms with Gasteiger partial charge in [0.25, 0.3) is 0 Å². The molecule has 3 rings (SSSR count). The van der Waals surface area contributed by atoms with Gasteiger partial charge in [-0.3, -0.25) is 0 Å². The Hall–Kier alpha value is -2.20. The third kappa shape index (κ3) is 5.40. The fourth-order valence-corrected chi connectivity index (χ4v) is 3.30. The minimum absolute atomic E-state index is 0.182. The van der Waals surface area contributed by atoms with Crippen LogP contribution in [0.15, 0.2) is 48.5 Å². The fraction of sp³-hybridized carbons (Fsp3) is 0.381. The molecule has 2 amide bonds. The quantitative estimate of drug-likeness (QED) is 0.781. The Morgan fingerprint density at radius 3 is 2.38 bits per heavy atom. The highest BCUT2D eigenvalue weighted by Crippen LogP contribution is 2.24. The second-order valence-corrected chi connectivity index (χ2v) is 7.41. The number of hydrogen-bond donors (Lipinski definition) is 2. The summed E-state index contributed by atoms with van der Waals surface area (Å²) in [5.74, 6) is 0.823. The number of nitrogens with one attached hydrogen (secondary N) is 2. The lowest BCUT2D eigenvalue weighted by Gasteiger charge is -2.32. The number of urea groups is 1. The van der Waals surface area contributed by atoms with E-state index in [4.69, 9.17) is 11.6 Å². The van der Waals surface area contributed by atoms with Crippen molar-refractivity contribution in [3.63, 3.8) is 0 Å². The van der Waals surface area contributed by atoms with Gasteiger partial charge in [0.1, 0.15) is 0 Å². The lowest BCUT2D eigenvalue weighted by atomic mass is 9.99. The molecule has 0 atom stereocenters. The molecule has 0 aromatic heterocycles. The van der Waals surface area contributed by atoms with Crippen LogP contribution in [-0.4, -0.2) is 25.7 Å². The summed E-state index contributed by atoms with van der Waals surface area (Å²) >= 11 is 5.87. The Morgan fingerprint density at radius 1 is 1.08 bits per heavy atom. The van der Waals surface area contributed by atoms with E-state index in [-0.39, 0.29) is 6.03 Å². The van der Waals surface area contributed by atoms with Crippen molar-refractivity contribution in [2.75, 3.05) is 29.9 Å². The number of hydrogen-bond acceptors (Lipinski definition) is 2. The van der Waals surface area contributed by atoms with E-state index in [1.807, 2.05) is 36.4 Å². The molecule has 0 saturated carbocycles. The molecule has 1 aliphatic rings. The molecule has 0 spiro atoms. The molecule has 4 nitrogen and oxygen atoms in total. The molecule has 1 saturated heterocycles. The lowest BCUT2D eigenvalue weighted by Crippen LogP contribution is -2.32. The summed E-state index contributed by atoms with van der Waals surface area (Å²) in [6.07, 6.45) is 3.27. The minimum Gasteiger partial charge on any atom is -0.372 e. The Bertz CT molecular complexity index is 707. The second kappa shape index (κ2) is 8.95. The highest BCUT2D eigenvalue weighted by atomic mass is 35.5. The van der Waals surface area contributed by atoms with Crippen molar-refractivity contribution in [1.82, 2.24) is 5.32 Å². The molecule has 5 heteroatoms. The van der Waals surface area contributed by atoms with Crippen LogP contribution in [-0.2, 0) is 6.42 Å². The van der Waals surface area contributed by atoms with Crippen LogP contribution in [0.2, 0.25) is 5.02 Å². The Labute approximate surface area is 160 Å². The zero-order chi connectivity index (χ0) is 18.4. The van der Waals surface area contributed by atoms with Crippen LogP contribution in [0.4, 0.5) is 16.2 Å². The molecule has 0 unspecified atom stereocenters. The average Bonchev–Trinajstić information content (AvgIpc) is 2.65. The number of anilines is 2. The molecule has 0 radical (unpaired) electrons. The standard InChI is InChI=1S/C21H26ClN3O/c1-16-11-14-25(15-12-16)20-8-6-19(7-9-20)24-21(26)23-13-10-17-2-4-18(22)5-3-17/h2-9,16H,10-15H2,1H3,(H2,23,24,26). The Balaban J connectivity index is 1.43. The first-order valence-electron chi connectivity index (χ1n) is 9.24. The van der Waals surface area contributed by atoms with Gasteiger partial charge in [0, 0.05) is 36.0 Å². The number of nitrogens with zero attached hydrogens (tertiary/aromatic N) is 1. The first kappa shape index (κ1) is 18.6. The number of carbonyl (C=O) groups excluding carboxylic acids is 1. The molecule has 26 heavy (non-hydrogen) atoms. The molecule has 1 fully saturated rings. The van der Waals surface area contributed by atoms with Crippen LogP contribution < -0.4 is 15.5 Å². The summed E-state index contributed by atoms with van der Waals surface area (Å²) in [6, 6.07) is 15.6. The molecule has 1 aliphatic heterocycles. The van der Waals surface area contributed by atoms with Gasteiger partial charge in [-0.1, -0.05) is 30.7 Å². The Morgan fingerprint density at radius 2 is 1.73 bits per heavy atom. The minimum atomic E-state index is -0.182.